The van der Waals surface area contributed by atoms with Gasteiger partial charge in [-0.2, -0.15) is 18.4 Å². The van der Waals surface area contributed by atoms with Crippen LogP contribution in [0.25, 0.3) is 0 Å². The molecule has 3 nitrogen and oxygen atoms in total. The number of aliphatic imine (C=N–C) groups is 1. The van der Waals surface area contributed by atoms with E-state index in [1.54, 1.807) is 0 Å². The van der Waals surface area contributed by atoms with Crippen molar-refractivity contribution < 1.29 is 18.0 Å². The van der Waals surface area contributed by atoms with Gasteiger partial charge in [0.2, 0.25) is 0 Å². The molecule has 0 N–H and O–H groups in total. The average molecular weight is 455 g/mol. The lowest BCUT2D eigenvalue weighted by molar-refractivity contribution is -0.204. The number of hydrogen-bond acceptors (Lipinski definition) is 3. The van der Waals surface area contributed by atoms with Crippen molar-refractivity contribution in [1.29, 1.82) is 5.26 Å². The van der Waals surface area contributed by atoms with E-state index in [0.29, 0.717) is 24.2 Å². The van der Waals surface area contributed by atoms with Gasteiger partial charge in [-0.1, -0.05) is 61.8 Å². The number of alkyl halides is 3. The zero-order valence-electron chi connectivity index (χ0n) is 21.5. The second-order valence-electron chi connectivity index (χ2n) is 10.1. The lowest BCUT2D eigenvalue weighted by Gasteiger charge is -2.21. The van der Waals surface area contributed by atoms with Crippen LogP contribution < -0.4 is 0 Å². The van der Waals surface area contributed by atoms with Crippen molar-refractivity contribution in [3.8, 4) is 6.07 Å². The second kappa shape index (κ2) is 14.1. The summed E-state index contributed by atoms with van der Waals surface area (Å²) in [4.78, 5) is 15.4. The molecule has 182 valence electrons. The van der Waals surface area contributed by atoms with Crippen molar-refractivity contribution in [2.75, 3.05) is 0 Å². The number of carbonyl (C=O) groups excluding carboxylic acids is 1. The number of nitrogens with zero attached hydrogens (tertiary/aromatic N) is 2. The molecule has 0 fully saturated rings. The third-order valence-corrected chi connectivity index (χ3v) is 4.22. The molecular weight excluding hydrogens is 413 g/mol. The highest BCUT2D eigenvalue weighted by Crippen LogP contribution is 2.36. The smallest absolute Gasteiger partial charge is 0.300 e. The van der Waals surface area contributed by atoms with Gasteiger partial charge < -0.3 is 0 Å². The normalized spacial score (nSPS) is 12.1. The predicted octanol–water partition coefficient (Wildman–Crippen LogP) is 8.76. The molecule has 1 aromatic rings. The van der Waals surface area contributed by atoms with E-state index in [2.05, 4.69) is 38.8 Å². The summed E-state index contributed by atoms with van der Waals surface area (Å²) >= 11 is 0. The van der Waals surface area contributed by atoms with Crippen molar-refractivity contribution in [1.82, 2.24) is 0 Å². The number of nitriles is 1. The van der Waals surface area contributed by atoms with Crippen molar-refractivity contribution in [2.24, 2.45) is 15.8 Å². The molecule has 0 aliphatic heterocycles. The zero-order chi connectivity index (χ0) is 25.8. The van der Waals surface area contributed by atoms with E-state index in [4.69, 9.17) is 5.26 Å². The van der Waals surface area contributed by atoms with Crippen LogP contribution in [0, 0.1) is 29.1 Å². The van der Waals surface area contributed by atoms with Crippen LogP contribution in [0.1, 0.15) is 99.1 Å². The van der Waals surface area contributed by atoms with Gasteiger partial charge in [-0.05, 0) is 49.4 Å². The first kappa shape index (κ1) is 32.0. The Hall–Kier alpha value is -2.16. The van der Waals surface area contributed by atoms with Crippen molar-refractivity contribution >= 4 is 17.2 Å². The maximum Gasteiger partial charge on any atom is 0.393 e. The van der Waals surface area contributed by atoms with Gasteiger partial charge in [-0.25, -0.2) is 0 Å². The Bertz CT molecular complexity index is 762. The first-order valence-electron chi connectivity index (χ1n) is 11.0. The fourth-order valence-corrected chi connectivity index (χ4v) is 2.19. The Labute approximate surface area is 193 Å². The Kier molecular flexibility index (Phi) is 14.1. The molecule has 0 amide bonds. The fraction of sp³-hybridized carbons (Fsp3) is 0.654. The third-order valence-electron chi connectivity index (χ3n) is 4.22. The van der Waals surface area contributed by atoms with E-state index in [9.17, 15) is 18.0 Å². The molecule has 0 bridgehead atoms. The first-order valence-corrected chi connectivity index (χ1v) is 11.0. The van der Waals surface area contributed by atoms with Gasteiger partial charge in [0.15, 0.2) is 0 Å². The topological polar surface area (TPSA) is 53.2 Å². The monoisotopic (exact) mass is 454 g/mol. The number of benzene rings is 1. The van der Waals surface area contributed by atoms with Crippen molar-refractivity contribution in [3.05, 3.63) is 29.3 Å². The quantitative estimate of drug-likeness (QED) is 0.418. The van der Waals surface area contributed by atoms with Crippen LogP contribution in [-0.4, -0.2) is 17.7 Å². The number of halogens is 3. The molecule has 0 aromatic heterocycles. The molecule has 0 spiro atoms. The van der Waals surface area contributed by atoms with E-state index in [0.717, 1.165) is 50.6 Å². The second-order valence-corrected chi connectivity index (χ2v) is 10.1. The summed E-state index contributed by atoms with van der Waals surface area (Å²) in [5.74, 6) is 0.363. The molecule has 0 aliphatic rings. The maximum absolute atomic E-state index is 11.6. The Morgan fingerprint density at radius 2 is 1.56 bits per heavy atom. The van der Waals surface area contributed by atoms with E-state index >= 15 is 0 Å². The third kappa shape index (κ3) is 15.6. The molecule has 1 rings (SSSR count). The summed E-state index contributed by atoms with van der Waals surface area (Å²) in [6.45, 7) is 17.8. The molecule has 0 atom stereocenters. The van der Waals surface area contributed by atoms with Crippen LogP contribution in [0.2, 0.25) is 0 Å². The summed E-state index contributed by atoms with van der Waals surface area (Å²) in [5.41, 5.74) is 2.48. The minimum Gasteiger partial charge on any atom is -0.300 e. The van der Waals surface area contributed by atoms with Crippen LogP contribution in [0.5, 0.6) is 0 Å². The van der Waals surface area contributed by atoms with E-state index < -0.39 is 11.6 Å². The summed E-state index contributed by atoms with van der Waals surface area (Å²) in [6.07, 6.45) is -0.530. The fourth-order valence-electron chi connectivity index (χ4n) is 2.19. The minimum atomic E-state index is -4.06. The number of carbonyl (C=O) groups is 1. The number of hydrogen-bond donors (Lipinski definition) is 0. The first-order chi connectivity index (χ1) is 14.4. The Morgan fingerprint density at radius 1 is 1.06 bits per heavy atom. The summed E-state index contributed by atoms with van der Waals surface area (Å²) in [6, 6.07) is 7.72. The van der Waals surface area contributed by atoms with E-state index in [1.165, 1.54) is 0 Å². The summed E-state index contributed by atoms with van der Waals surface area (Å²) in [5, 5.41) is 8.73. The highest BCUT2D eigenvalue weighted by Gasteiger charge is 2.42. The van der Waals surface area contributed by atoms with Gasteiger partial charge in [0.1, 0.15) is 5.78 Å². The van der Waals surface area contributed by atoms with Crippen LogP contribution in [0.4, 0.5) is 18.9 Å². The van der Waals surface area contributed by atoms with Gasteiger partial charge in [-0.15, -0.1) is 0 Å². The molecule has 0 heterocycles. The van der Waals surface area contributed by atoms with E-state index in [1.807, 2.05) is 39.0 Å². The highest BCUT2D eigenvalue weighted by molar-refractivity contribution is 5.84. The van der Waals surface area contributed by atoms with Gasteiger partial charge in [0.05, 0.1) is 22.7 Å². The SMILES string of the molecule is CC(C)(C)C(F)(F)F.CCC(=O)CC(C)(C)C.CCCC(C)=Nc1ccc(C#N)cc1C. The van der Waals surface area contributed by atoms with Gasteiger partial charge >= 0.3 is 6.18 Å². The Balaban J connectivity index is 0. The lowest BCUT2D eigenvalue weighted by Crippen LogP contribution is -2.28. The maximum atomic E-state index is 11.6. The molecule has 0 saturated heterocycles. The largest absolute Gasteiger partial charge is 0.393 e. The molecule has 32 heavy (non-hydrogen) atoms. The van der Waals surface area contributed by atoms with Crippen LogP contribution in [-0.2, 0) is 4.79 Å². The number of rotatable bonds is 5. The van der Waals surface area contributed by atoms with Crippen molar-refractivity contribution in [3.63, 3.8) is 0 Å². The summed E-state index contributed by atoms with van der Waals surface area (Å²) < 4.78 is 34.7. The predicted molar refractivity (Wildman–Crippen MR) is 128 cm³/mol. The zero-order valence-corrected chi connectivity index (χ0v) is 21.5. The van der Waals surface area contributed by atoms with Crippen LogP contribution in [0.15, 0.2) is 23.2 Å². The average Bonchev–Trinajstić information content (AvgIpc) is 2.61. The van der Waals surface area contributed by atoms with Gasteiger partial charge in [0, 0.05) is 18.6 Å². The molecule has 6 heteroatoms. The van der Waals surface area contributed by atoms with Crippen LogP contribution >= 0.6 is 0 Å². The number of ketones is 1. The molecule has 1 aromatic carbocycles. The van der Waals surface area contributed by atoms with Crippen LogP contribution in [0.3, 0.4) is 0 Å². The standard InChI is InChI=1S/C13H16N2.C8H16O.C5H9F3/c1-4-5-11(3)15-13-7-6-12(9-14)8-10(13)2;1-5-7(9)6-8(2,3)4;1-4(2,3)5(6,7)8/h6-8H,4-5H2,1-3H3;5-6H2,1-4H3;1-3H3. The minimum absolute atomic E-state index is 0.174. The molecule has 0 radical (unpaired) electrons. The number of aryl methyl sites for hydroxylation is 1. The van der Waals surface area contributed by atoms with Gasteiger partial charge in [0.25, 0.3) is 0 Å². The number of Topliss-reactive ketones (excluding diaryl/α,β-unsaturated/α-hetero) is 1. The van der Waals surface area contributed by atoms with E-state index in [-0.39, 0.29) is 5.41 Å². The molecule has 0 saturated carbocycles. The summed E-state index contributed by atoms with van der Waals surface area (Å²) in [7, 11) is 0. The molecule has 0 aliphatic carbocycles. The highest BCUT2D eigenvalue weighted by atomic mass is 19.4. The van der Waals surface area contributed by atoms with Gasteiger partial charge in [-0.3, -0.25) is 9.79 Å². The Morgan fingerprint density at radius 3 is 1.84 bits per heavy atom. The lowest BCUT2D eigenvalue weighted by atomic mass is 9.89. The molecule has 0 unspecified atom stereocenters. The molecular formula is C26H41F3N2O. The van der Waals surface area contributed by atoms with Crippen molar-refractivity contribution in [2.45, 2.75) is 101 Å².